The molecule has 0 bridgehead atoms. The van der Waals surface area contributed by atoms with Crippen LogP contribution in [0.15, 0.2) is 22.7 Å². The van der Waals surface area contributed by atoms with E-state index in [1.54, 1.807) is 0 Å². The van der Waals surface area contributed by atoms with Gasteiger partial charge in [0.2, 0.25) is 0 Å². The highest BCUT2D eigenvalue weighted by molar-refractivity contribution is 9.10. The zero-order valence-electron chi connectivity index (χ0n) is 11.7. The van der Waals surface area contributed by atoms with Crippen LogP contribution in [0.25, 0.3) is 0 Å². The second kappa shape index (κ2) is 6.13. The van der Waals surface area contributed by atoms with Crippen LogP contribution in [0, 0.1) is 11.7 Å². The number of halogens is 2. The van der Waals surface area contributed by atoms with E-state index in [1.165, 1.54) is 18.2 Å². The molecule has 1 fully saturated rings. The Morgan fingerprint density at radius 2 is 2.14 bits per heavy atom. The first-order valence-corrected chi connectivity index (χ1v) is 7.67. The van der Waals surface area contributed by atoms with Gasteiger partial charge in [0.25, 0.3) is 5.91 Å². The number of carboxylic acids is 1. The maximum Gasteiger partial charge on any atom is 0.329 e. The van der Waals surface area contributed by atoms with Crippen LogP contribution in [0.1, 0.15) is 43.0 Å². The van der Waals surface area contributed by atoms with E-state index in [-0.39, 0.29) is 11.5 Å². The van der Waals surface area contributed by atoms with Crippen molar-refractivity contribution in [2.24, 2.45) is 5.92 Å². The fourth-order valence-electron chi connectivity index (χ4n) is 2.85. The van der Waals surface area contributed by atoms with Gasteiger partial charge >= 0.3 is 5.97 Å². The zero-order chi connectivity index (χ0) is 15.6. The van der Waals surface area contributed by atoms with Crippen molar-refractivity contribution < 1.29 is 19.1 Å². The van der Waals surface area contributed by atoms with Crippen LogP contribution in [0.4, 0.5) is 4.39 Å². The Labute approximate surface area is 130 Å². The number of amides is 1. The molecule has 0 saturated heterocycles. The SMILES string of the molecule is CC1CCCCC1(NC(=O)c1ccc(F)cc1Br)C(=O)O. The third-order valence-corrected chi connectivity index (χ3v) is 4.85. The van der Waals surface area contributed by atoms with Gasteiger partial charge in [-0.15, -0.1) is 0 Å². The molecule has 114 valence electrons. The summed E-state index contributed by atoms with van der Waals surface area (Å²) in [4.78, 5) is 24.1. The highest BCUT2D eigenvalue weighted by atomic mass is 79.9. The first-order valence-electron chi connectivity index (χ1n) is 6.88. The molecule has 0 aromatic heterocycles. The Bertz CT molecular complexity index is 578. The summed E-state index contributed by atoms with van der Waals surface area (Å²) in [5, 5.41) is 12.2. The van der Waals surface area contributed by atoms with Crippen molar-refractivity contribution in [2.75, 3.05) is 0 Å². The van der Waals surface area contributed by atoms with Gasteiger partial charge in [0, 0.05) is 4.47 Å². The van der Waals surface area contributed by atoms with Crippen molar-refractivity contribution in [1.82, 2.24) is 5.32 Å². The first kappa shape index (κ1) is 15.9. The van der Waals surface area contributed by atoms with Crippen LogP contribution in [0.2, 0.25) is 0 Å². The van der Waals surface area contributed by atoms with Crippen LogP contribution >= 0.6 is 15.9 Å². The number of aliphatic carboxylic acids is 1. The lowest BCUT2D eigenvalue weighted by molar-refractivity contribution is -0.148. The predicted molar refractivity (Wildman–Crippen MR) is 79.6 cm³/mol. The quantitative estimate of drug-likeness (QED) is 0.871. The van der Waals surface area contributed by atoms with E-state index < -0.39 is 23.2 Å². The second-order valence-electron chi connectivity index (χ2n) is 5.50. The smallest absolute Gasteiger partial charge is 0.329 e. The molecular formula is C15H17BrFNO3. The molecule has 21 heavy (non-hydrogen) atoms. The van der Waals surface area contributed by atoms with E-state index in [4.69, 9.17) is 0 Å². The maximum atomic E-state index is 13.1. The molecule has 2 atom stereocenters. The van der Waals surface area contributed by atoms with Crippen LogP contribution in [-0.4, -0.2) is 22.5 Å². The lowest BCUT2D eigenvalue weighted by Gasteiger charge is -2.39. The van der Waals surface area contributed by atoms with Crippen LogP contribution < -0.4 is 5.32 Å². The van der Waals surface area contributed by atoms with Gasteiger partial charge in [-0.25, -0.2) is 9.18 Å². The monoisotopic (exact) mass is 357 g/mol. The summed E-state index contributed by atoms with van der Waals surface area (Å²) in [5.41, 5.74) is -1.02. The first-order chi connectivity index (χ1) is 9.86. The molecule has 2 unspecified atom stereocenters. The van der Waals surface area contributed by atoms with Crippen molar-refractivity contribution in [1.29, 1.82) is 0 Å². The van der Waals surface area contributed by atoms with Crippen molar-refractivity contribution >= 4 is 27.8 Å². The predicted octanol–water partition coefficient (Wildman–Crippen LogP) is 3.35. The molecule has 1 amide bonds. The summed E-state index contributed by atoms with van der Waals surface area (Å²) in [7, 11) is 0. The van der Waals surface area contributed by atoms with Crippen LogP contribution in [-0.2, 0) is 4.79 Å². The largest absolute Gasteiger partial charge is 0.479 e. The molecule has 4 nitrogen and oxygen atoms in total. The Kier molecular flexibility index (Phi) is 4.66. The number of hydrogen-bond donors (Lipinski definition) is 2. The van der Waals surface area contributed by atoms with Crippen LogP contribution in [0.3, 0.4) is 0 Å². The summed E-state index contributed by atoms with van der Waals surface area (Å²) < 4.78 is 13.4. The molecule has 2 rings (SSSR count). The number of hydrogen-bond acceptors (Lipinski definition) is 2. The average molecular weight is 358 g/mol. The average Bonchev–Trinajstić information content (AvgIpc) is 2.41. The lowest BCUT2D eigenvalue weighted by atomic mass is 9.73. The zero-order valence-corrected chi connectivity index (χ0v) is 13.2. The Hall–Kier alpha value is -1.43. The van der Waals surface area contributed by atoms with E-state index in [1.807, 2.05) is 6.92 Å². The number of carbonyl (C=O) groups is 2. The second-order valence-corrected chi connectivity index (χ2v) is 6.36. The molecule has 1 aliphatic rings. The summed E-state index contributed by atoms with van der Waals surface area (Å²) in [6.45, 7) is 1.84. The van der Waals surface area contributed by atoms with Gasteiger partial charge in [-0.1, -0.05) is 19.8 Å². The van der Waals surface area contributed by atoms with Gasteiger partial charge in [-0.2, -0.15) is 0 Å². The minimum absolute atomic E-state index is 0.146. The van der Waals surface area contributed by atoms with Gasteiger partial charge < -0.3 is 10.4 Å². The van der Waals surface area contributed by atoms with Crippen molar-refractivity contribution in [3.63, 3.8) is 0 Å². The molecule has 2 N–H and O–H groups in total. The highest BCUT2D eigenvalue weighted by Crippen LogP contribution is 2.34. The van der Waals surface area contributed by atoms with E-state index in [9.17, 15) is 19.1 Å². The van der Waals surface area contributed by atoms with Gasteiger partial charge in [0.05, 0.1) is 5.56 Å². The Morgan fingerprint density at radius 1 is 1.43 bits per heavy atom. The van der Waals surface area contributed by atoms with Crippen molar-refractivity contribution in [2.45, 2.75) is 38.1 Å². The number of carbonyl (C=O) groups excluding carboxylic acids is 1. The molecule has 0 spiro atoms. The summed E-state index contributed by atoms with van der Waals surface area (Å²) in [5.74, 6) is -2.12. The third-order valence-electron chi connectivity index (χ3n) is 4.19. The number of benzene rings is 1. The molecule has 1 aromatic carbocycles. The van der Waals surface area contributed by atoms with E-state index >= 15 is 0 Å². The molecule has 1 saturated carbocycles. The molecule has 0 aliphatic heterocycles. The topological polar surface area (TPSA) is 66.4 Å². The number of rotatable bonds is 3. The maximum absolute atomic E-state index is 13.1. The fraction of sp³-hybridized carbons (Fsp3) is 0.467. The number of carboxylic acid groups (broad SMARTS) is 1. The van der Waals surface area contributed by atoms with Gasteiger partial charge in [0.1, 0.15) is 11.4 Å². The molecule has 0 radical (unpaired) electrons. The normalized spacial score (nSPS) is 25.4. The van der Waals surface area contributed by atoms with E-state index in [0.717, 1.165) is 19.3 Å². The minimum atomic E-state index is -1.25. The molecule has 6 heteroatoms. The molecule has 0 heterocycles. The summed E-state index contributed by atoms with van der Waals surface area (Å²) in [6, 6.07) is 3.71. The highest BCUT2D eigenvalue weighted by Gasteiger charge is 2.46. The van der Waals surface area contributed by atoms with Crippen molar-refractivity contribution in [3.05, 3.63) is 34.1 Å². The fourth-order valence-corrected chi connectivity index (χ4v) is 3.38. The van der Waals surface area contributed by atoms with Gasteiger partial charge in [-0.3, -0.25) is 4.79 Å². The summed E-state index contributed by atoms with van der Waals surface area (Å²) in [6.07, 6.45) is 2.90. The molecule has 1 aromatic rings. The van der Waals surface area contributed by atoms with Crippen molar-refractivity contribution in [3.8, 4) is 0 Å². The van der Waals surface area contributed by atoms with Gasteiger partial charge in [-0.05, 0) is 52.9 Å². The standard InChI is InChI=1S/C15H17BrFNO3/c1-9-4-2-3-7-15(9,14(20)21)18-13(19)11-6-5-10(17)8-12(11)16/h5-6,8-9H,2-4,7H2,1H3,(H,18,19)(H,20,21). The number of nitrogens with one attached hydrogen (secondary N) is 1. The van der Waals surface area contributed by atoms with Crippen LogP contribution in [0.5, 0.6) is 0 Å². The molecular weight excluding hydrogens is 341 g/mol. The minimum Gasteiger partial charge on any atom is -0.479 e. The molecule has 1 aliphatic carbocycles. The van der Waals surface area contributed by atoms with E-state index in [0.29, 0.717) is 10.9 Å². The summed E-state index contributed by atoms with van der Waals surface area (Å²) >= 11 is 3.13. The Balaban J connectivity index is 2.28. The van der Waals surface area contributed by atoms with E-state index in [2.05, 4.69) is 21.2 Å². The Morgan fingerprint density at radius 3 is 2.71 bits per heavy atom. The lowest BCUT2D eigenvalue weighted by Crippen LogP contribution is -2.60. The van der Waals surface area contributed by atoms with Gasteiger partial charge in [0.15, 0.2) is 0 Å². The third kappa shape index (κ3) is 3.10.